The van der Waals surface area contributed by atoms with Crippen LogP contribution in [-0.2, 0) is 16.0 Å². The van der Waals surface area contributed by atoms with E-state index in [9.17, 15) is 4.79 Å². The molecular formula is C11H13NO2S. The third kappa shape index (κ3) is 2.09. The van der Waals surface area contributed by atoms with Crippen LogP contribution in [0.2, 0.25) is 0 Å². The van der Waals surface area contributed by atoms with E-state index < -0.39 is 0 Å². The molecule has 0 amide bonds. The van der Waals surface area contributed by atoms with Crippen LogP contribution in [0.15, 0.2) is 6.08 Å². The van der Waals surface area contributed by atoms with E-state index >= 15 is 0 Å². The summed E-state index contributed by atoms with van der Waals surface area (Å²) in [4.78, 5) is 16.8. The Morgan fingerprint density at radius 3 is 3.07 bits per heavy atom. The van der Waals surface area contributed by atoms with Crippen LogP contribution in [0.1, 0.15) is 28.4 Å². The molecule has 4 heteroatoms. The average Bonchev–Trinajstić information content (AvgIpc) is 2.59. The molecule has 0 spiro atoms. The van der Waals surface area contributed by atoms with Crippen molar-refractivity contribution in [2.45, 2.75) is 26.2 Å². The Kier molecular flexibility index (Phi) is 2.86. The molecule has 0 fully saturated rings. The van der Waals surface area contributed by atoms with Crippen molar-refractivity contribution in [2.75, 3.05) is 7.11 Å². The second kappa shape index (κ2) is 4.14. The van der Waals surface area contributed by atoms with Crippen LogP contribution in [0, 0.1) is 6.92 Å². The number of aryl methyl sites for hydroxylation is 2. The highest BCUT2D eigenvalue weighted by molar-refractivity contribution is 7.12. The van der Waals surface area contributed by atoms with Crippen molar-refractivity contribution in [3.63, 3.8) is 0 Å². The van der Waals surface area contributed by atoms with Crippen LogP contribution < -0.4 is 0 Å². The number of hydrogen-bond acceptors (Lipinski definition) is 4. The van der Waals surface area contributed by atoms with Gasteiger partial charge in [0.1, 0.15) is 0 Å². The predicted molar refractivity (Wildman–Crippen MR) is 59.8 cm³/mol. The summed E-state index contributed by atoms with van der Waals surface area (Å²) in [6.07, 6.45) is 4.64. The van der Waals surface area contributed by atoms with Crippen LogP contribution in [0.25, 0.3) is 5.57 Å². The van der Waals surface area contributed by atoms with Gasteiger partial charge in [-0.25, -0.2) is 9.78 Å². The number of aromatic nitrogens is 1. The Bertz CT molecular complexity index is 420. The quantitative estimate of drug-likeness (QED) is 0.542. The fraction of sp³-hybridized carbons (Fsp3) is 0.455. The number of fused-ring (bicyclic) bond motifs is 1. The van der Waals surface area contributed by atoms with Crippen LogP contribution in [0.5, 0.6) is 0 Å². The zero-order valence-corrected chi connectivity index (χ0v) is 9.69. The van der Waals surface area contributed by atoms with E-state index in [-0.39, 0.29) is 5.97 Å². The highest BCUT2D eigenvalue weighted by Crippen LogP contribution is 2.34. The molecule has 1 aromatic rings. The van der Waals surface area contributed by atoms with Crippen LogP contribution in [-0.4, -0.2) is 18.1 Å². The third-order valence-electron chi connectivity index (χ3n) is 2.45. The van der Waals surface area contributed by atoms with Crippen molar-refractivity contribution in [2.24, 2.45) is 0 Å². The first-order valence-electron chi connectivity index (χ1n) is 4.96. The maximum Gasteiger partial charge on any atom is 0.330 e. The molecule has 1 aliphatic carbocycles. The van der Waals surface area contributed by atoms with E-state index in [4.69, 9.17) is 0 Å². The van der Waals surface area contributed by atoms with Crippen molar-refractivity contribution < 1.29 is 9.53 Å². The molecule has 0 unspecified atom stereocenters. The summed E-state index contributed by atoms with van der Waals surface area (Å²) in [7, 11) is 1.40. The first-order valence-corrected chi connectivity index (χ1v) is 5.77. The molecule has 1 aliphatic rings. The third-order valence-corrected chi connectivity index (χ3v) is 3.54. The fourth-order valence-corrected chi connectivity index (χ4v) is 2.80. The number of methoxy groups -OCH3 is 1. The first kappa shape index (κ1) is 10.4. The Morgan fingerprint density at radius 1 is 1.53 bits per heavy atom. The molecule has 0 saturated heterocycles. The van der Waals surface area contributed by atoms with Crippen LogP contribution in [0.3, 0.4) is 0 Å². The van der Waals surface area contributed by atoms with Gasteiger partial charge >= 0.3 is 5.97 Å². The van der Waals surface area contributed by atoms with E-state index in [1.54, 1.807) is 17.4 Å². The first-order chi connectivity index (χ1) is 7.20. The maximum absolute atomic E-state index is 11.2. The molecule has 0 aromatic carbocycles. The maximum atomic E-state index is 11.2. The number of nitrogens with zero attached hydrogens (tertiary/aromatic N) is 1. The number of ether oxygens (including phenoxy) is 1. The summed E-state index contributed by atoms with van der Waals surface area (Å²) < 4.78 is 4.64. The number of hydrogen-bond donors (Lipinski definition) is 0. The molecule has 0 N–H and O–H groups in total. The topological polar surface area (TPSA) is 39.2 Å². The van der Waals surface area contributed by atoms with E-state index in [1.807, 2.05) is 6.92 Å². The van der Waals surface area contributed by atoms with Gasteiger partial charge in [0.05, 0.1) is 22.7 Å². The highest BCUT2D eigenvalue weighted by atomic mass is 32.1. The number of carbonyl (C=O) groups is 1. The second-order valence-electron chi connectivity index (χ2n) is 3.55. The Morgan fingerprint density at radius 2 is 2.33 bits per heavy atom. The molecule has 0 aliphatic heterocycles. The minimum absolute atomic E-state index is 0.274. The number of carbonyl (C=O) groups excluding carboxylic acids is 1. The van der Waals surface area contributed by atoms with Gasteiger partial charge in [-0.3, -0.25) is 0 Å². The van der Waals surface area contributed by atoms with Crippen molar-refractivity contribution in [3.8, 4) is 0 Å². The number of esters is 1. The molecule has 0 radical (unpaired) electrons. The Labute approximate surface area is 92.8 Å². The minimum Gasteiger partial charge on any atom is -0.466 e. The predicted octanol–water partition coefficient (Wildman–Crippen LogP) is 2.34. The summed E-state index contributed by atoms with van der Waals surface area (Å²) in [6.45, 7) is 2.00. The van der Waals surface area contributed by atoms with Crippen molar-refractivity contribution in [1.29, 1.82) is 0 Å². The van der Waals surface area contributed by atoms with E-state index in [0.717, 1.165) is 35.5 Å². The zero-order valence-electron chi connectivity index (χ0n) is 8.87. The average molecular weight is 223 g/mol. The number of allylic oxidation sites excluding steroid dienone is 1. The summed E-state index contributed by atoms with van der Waals surface area (Å²) in [5, 5.41) is 1.07. The Hall–Kier alpha value is -1.16. The normalized spacial score (nSPS) is 17.6. The standard InChI is InChI=1S/C11H13NO2S/c1-7-12-9-5-3-4-8(11(9)15-7)6-10(13)14-2/h6H,3-5H2,1-2H3/b8-6-. The monoisotopic (exact) mass is 223 g/mol. The lowest BCUT2D eigenvalue weighted by molar-refractivity contribution is -0.134. The molecule has 2 rings (SSSR count). The van der Waals surface area contributed by atoms with Gasteiger partial charge in [-0.2, -0.15) is 0 Å². The van der Waals surface area contributed by atoms with Crippen molar-refractivity contribution >= 4 is 22.9 Å². The van der Waals surface area contributed by atoms with Gasteiger partial charge in [0.25, 0.3) is 0 Å². The van der Waals surface area contributed by atoms with Crippen molar-refractivity contribution in [1.82, 2.24) is 4.98 Å². The highest BCUT2D eigenvalue weighted by Gasteiger charge is 2.19. The summed E-state index contributed by atoms with van der Waals surface area (Å²) in [5.41, 5.74) is 2.22. The van der Waals surface area contributed by atoms with Gasteiger partial charge in [-0.05, 0) is 31.8 Å². The van der Waals surface area contributed by atoms with Crippen molar-refractivity contribution in [3.05, 3.63) is 21.7 Å². The lowest BCUT2D eigenvalue weighted by Crippen LogP contribution is -2.03. The molecule has 1 heterocycles. The van der Waals surface area contributed by atoms with Crippen LogP contribution in [0.4, 0.5) is 0 Å². The number of rotatable bonds is 1. The summed E-state index contributed by atoms with van der Waals surface area (Å²) in [5.74, 6) is -0.274. The molecule has 80 valence electrons. The van der Waals surface area contributed by atoms with E-state index in [2.05, 4.69) is 9.72 Å². The minimum atomic E-state index is -0.274. The molecule has 1 aromatic heterocycles. The number of thiazole rings is 1. The van der Waals surface area contributed by atoms with Gasteiger partial charge in [0.15, 0.2) is 0 Å². The van der Waals surface area contributed by atoms with Crippen LogP contribution >= 0.6 is 11.3 Å². The van der Waals surface area contributed by atoms with E-state index in [1.165, 1.54) is 12.0 Å². The Balaban J connectivity index is 2.37. The lowest BCUT2D eigenvalue weighted by Gasteiger charge is -2.12. The van der Waals surface area contributed by atoms with Gasteiger partial charge < -0.3 is 4.74 Å². The largest absolute Gasteiger partial charge is 0.466 e. The molecule has 0 bridgehead atoms. The molecule has 3 nitrogen and oxygen atoms in total. The zero-order chi connectivity index (χ0) is 10.8. The lowest BCUT2D eigenvalue weighted by atomic mass is 9.97. The molecule has 0 atom stereocenters. The summed E-state index contributed by atoms with van der Waals surface area (Å²) in [6, 6.07) is 0. The molecule has 0 saturated carbocycles. The van der Waals surface area contributed by atoms with Gasteiger partial charge in [0.2, 0.25) is 0 Å². The fourth-order valence-electron chi connectivity index (χ4n) is 1.79. The van der Waals surface area contributed by atoms with Gasteiger partial charge in [-0.15, -0.1) is 11.3 Å². The second-order valence-corrected chi connectivity index (χ2v) is 4.76. The van der Waals surface area contributed by atoms with Gasteiger partial charge in [0, 0.05) is 6.08 Å². The molecular weight excluding hydrogens is 210 g/mol. The van der Waals surface area contributed by atoms with Gasteiger partial charge in [-0.1, -0.05) is 0 Å². The SMILES string of the molecule is COC(=O)/C=C1/CCCc2nc(C)sc21. The van der Waals surface area contributed by atoms with E-state index in [0.29, 0.717) is 0 Å². The summed E-state index contributed by atoms with van der Waals surface area (Å²) >= 11 is 1.66. The smallest absolute Gasteiger partial charge is 0.330 e. The molecule has 15 heavy (non-hydrogen) atoms.